The minimum Gasteiger partial charge on any atom is -0.399 e. The molecule has 0 fully saturated rings. The Morgan fingerprint density at radius 2 is 1.59 bits per heavy atom. The third-order valence-corrected chi connectivity index (χ3v) is 3.52. The molecule has 0 saturated carbocycles. The molecule has 0 amide bonds. The normalized spacial score (nSPS) is 10.5. The molecule has 17 heavy (non-hydrogen) atoms. The van der Waals surface area contributed by atoms with Gasteiger partial charge in [0.05, 0.1) is 10.0 Å². The predicted octanol–water partition coefficient (Wildman–Crippen LogP) is 4.81. The predicted molar refractivity (Wildman–Crippen MR) is 75.7 cm³/mol. The van der Waals surface area contributed by atoms with Gasteiger partial charge in [-0.3, -0.25) is 0 Å². The van der Waals surface area contributed by atoms with Crippen molar-refractivity contribution in [3.8, 4) is 11.1 Å². The summed E-state index contributed by atoms with van der Waals surface area (Å²) in [6.45, 7) is 2.09. The van der Waals surface area contributed by atoms with Crippen LogP contribution in [-0.4, -0.2) is 0 Å². The number of benzene rings is 2. The van der Waals surface area contributed by atoms with Crippen molar-refractivity contribution < 1.29 is 0 Å². The molecule has 0 aromatic heterocycles. The number of anilines is 1. The van der Waals surface area contributed by atoms with Crippen LogP contribution < -0.4 is 5.73 Å². The van der Waals surface area contributed by atoms with Crippen LogP contribution in [0.5, 0.6) is 0 Å². The van der Waals surface area contributed by atoms with Gasteiger partial charge in [-0.25, -0.2) is 0 Å². The van der Waals surface area contributed by atoms with Crippen LogP contribution in [0, 0.1) is 0 Å². The number of nitrogens with two attached hydrogens (primary N) is 1. The Labute approximate surface area is 111 Å². The van der Waals surface area contributed by atoms with Crippen molar-refractivity contribution in [2.75, 3.05) is 5.73 Å². The van der Waals surface area contributed by atoms with Crippen LogP contribution in [0.4, 0.5) is 5.69 Å². The maximum absolute atomic E-state index is 6.01. The molecule has 0 aliphatic heterocycles. The van der Waals surface area contributed by atoms with Crippen molar-refractivity contribution >= 4 is 28.9 Å². The molecule has 2 aromatic carbocycles. The van der Waals surface area contributed by atoms with Gasteiger partial charge in [-0.15, -0.1) is 0 Å². The Morgan fingerprint density at radius 3 is 2.24 bits per heavy atom. The number of rotatable bonds is 2. The molecule has 0 bridgehead atoms. The van der Waals surface area contributed by atoms with E-state index in [4.69, 9.17) is 28.9 Å². The van der Waals surface area contributed by atoms with E-state index in [1.807, 2.05) is 24.3 Å². The molecular formula is C14H13Cl2N. The van der Waals surface area contributed by atoms with Crippen molar-refractivity contribution in [3.05, 3.63) is 52.0 Å². The van der Waals surface area contributed by atoms with Crippen LogP contribution in [0.2, 0.25) is 10.0 Å². The Hall–Kier alpha value is -1.18. The highest BCUT2D eigenvalue weighted by molar-refractivity contribution is 6.42. The summed E-state index contributed by atoms with van der Waals surface area (Å²) in [6.07, 6.45) is 0.918. The lowest BCUT2D eigenvalue weighted by Gasteiger charge is -2.08. The topological polar surface area (TPSA) is 26.0 Å². The molecule has 1 nitrogen and oxygen atoms in total. The maximum atomic E-state index is 6.01. The zero-order valence-corrected chi connectivity index (χ0v) is 11.0. The molecule has 2 N–H and O–H groups in total. The molecule has 88 valence electrons. The summed E-state index contributed by atoms with van der Waals surface area (Å²) < 4.78 is 0. The first-order valence-electron chi connectivity index (χ1n) is 5.45. The standard InChI is InChI=1S/C14H13Cl2N/c1-2-9-7-10(4-6-14(9)17)11-3-5-12(15)13(16)8-11/h3-8H,2,17H2,1H3. The van der Waals surface area contributed by atoms with Gasteiger partial charge in [0.25, 0.3) is 0 Å². The van der Waals surface area contributed by atoms with E-state index in [9.17, 15) is 0 Å². The summed E-state index contributed by atoms with van der Waals surface area (Å²) in [4.78, 5) is 0. The van der Waals surface area contributed by atoms with Gasteiger partial charge >= 0.3 is 0 Å². The molecule has 0 heterocycles. The lowest BCUT2D eigenvalue weighted by Crippen LogP contribution is -1.93. The fourth-order valence-corrected chi connectivity index (χ4v) is 2.07. The van der Waals surface area contributed by atoms with E-state index >= 15 is 0 Å². The summed E-state index contributed by atoms with van der Waals surface area (Å²) in [5, 5.41) is 1.14. The average Bonchev–Trinajstić information content (AvgIpc) is 2.33. The highest BCUT2D eigenvalue weighted by Gasteiger charge is 2.04. The average molecular weight is 266 g/mol. The summed E-state index contributed by atoms with van der Waals surface area (Å²) >= 11 is 11.9. The number of nitrogen functional groups attached to an aromatic ring is 1. The third kappa shape index (κ3) is 2.56. The Kier molecular flexibility index (Phi) is 3.60. The third-order valence-electron chi connectivity index (χ3n) is 2.78. The molecule has 0 radical (unpaired) electrons. The van der Waals surface area contributed by atoms with E-state index in [1.54, 1.807) is 6.07 Å². The fraction of sp³-hybridized carbons (Fsp3) is 0.143. The molecule has 2 aromatic rings. The molecule has 3 heteroatoms. The number of halogens is 2. The molecule has 0 saturated heterocycles. The quantitative estimate of drug-likeness (QED) is 0.776. The summed E-state index contributed by atoms with van der Waals surface area (Å²) in [7, 11) is 0. The second-order valence-corrected chi connectivity index (χ2v) is 4.71. The van der Waals surface area contributed by atoms with Crippen LogP contribution in [0.1, 0.15) is 12.5 Å². The first kappa shape index (κ1) is 12.3. The number of hydrogen-bond donors (Lipinski definition) is 1. The smallest absolute Gasteiger partial charge is 0.0598 e. The minimum absolute atomic E-state index is 0.569. The fourth-order valence-electron chi connectivity index (χ4n) is 1.77. The molecular weight excluding hydrogens is 253 g/mol. The monoisotopic (exact) mass is 265 g/mol. The van der Waals surface area contributed by atoms with E-state index in [1.165, 1.54) is 0 Å². The number of aryl methyl sites for hydroxylation is 1. The highest BCUT2D eigenvalue weighted by Crippen LogP contribution is 2.30. The van der Waals surface area contributed by atoms with E-state index in [0.29, 0.717) is 10.0 Å². The van der Waals surface area contributed by atoms with Gasteiger partial charge in [-0.05, 0) is 47.4 Å². The maximum Gasteiger partial charge on any atom is 0.0598 e. The first-order valence-corrected chi connectivity index (χ1v) is 6.21. The van der Waals surface area contributed by atoms with E-state index in [2.05, 4.69) is 13.0 Å². The largest absolute Gasteiger partial charge is 0.399 e. The molecule has 0 aliphatic carbocycles. The Morgan fingerprint density at radius 1 is 0.941 bits per heavy atom. The Balaban J connectivity index is 2.49. The van der Waals surface area contributed by atoms with Crippen molar-refractivity contribution in [1.29, 1.82) is 0 Å². The Bertz CT molecular complexity index is 550. The molecule has 0 aliphatic rings. The minimum atomic E-state index is 0.569. The SMILES string of the molecule is CCc1cc(-c2ccc(Cl)c(Cl)c2)ccc1N. The van der Waals surface area contributed by atoms with Crippen molar-refractivity contribution in [3.63, 3.8) is 0 Å². The summed E-state index contributed by atoms with van der Waals surface area (Å²) in [6, 6.07) is 11.6. The van der Waals surface area contributed by atoms with E-state index in [0.717, 1.165) is 28.8 Å². The summed E-state index contributed by atoms with van der Waals surface area (Å²) in [5.41, 5.74) is 10.0. The molecule has 0 spiro atoms. The van der Waals surface area contributed by atoms with Crippen LogP contribution in [0.3, 0.4) is 0 Å². The molecule has 0 atom stereocenters. The van der Waals surface area contributed by atoms with Gasteiger partial charge in [0.15, 0.2) is 0 Å². The van der Waals surface area contributed by atoms with Crippen LogP contribution in [0.25, 0.3) is 11.1 Å². The van der Waals surface area contributed by atoms with E-state index in [-0.39, 0.29) is 0 Å². The van der Waals surface area contributed by atoms with Gasteiger partial charge in [0, 0.05) is 5.69 Å². The van der Waals surface area contributed by atoms with Crippen LogP contribution in [0.15, 0.2) is 36.4 Å². The van der Waals surface area contributed by atoms with E-state index < -0.39 is 0 Å². The molecule has 2 rings (SSSR count). The van der Waals surface area contributed by atoms with Crippen molar-refractivity contribution in [2.45, 2.75) is 13.3 Å². The first-order chi connectivity index (χ1) is 8.11. The molecule has 0 unspecified atom stereocenters. The van der Waals surface area contributed by atoms with Crippen LogP contribution in [-0.2, 0) is 6.42 Å². The van der Waals surface area contributed by atoms with Crippen molar-refractivity contribution in [1.82, 2.24) is 0 Å². The lowest BCUT2D eigenvalue weighted by atomic mass is 10.0. The second-order valence-electron chi connectivity index (χ2n) is 3.90. The lowest BCUT2D eigenvalue weighted by molar-refractivity contribution is 1.15. The van der Waals surface area contributed by atoms with Gasteiger partial charge in [-0.1, -0.05) is 42.3 Å². The summed E-state index contributed by atoms with van der Waals surface area (Å²) in [5.74, 6) is 0. The van der Waals surface area contributed by atoms with Gasteiger partial charge in [0.1, 0.15) is 0 Å². The number of hydrogen-bond acceptors (Lipinski definition) is 1. The van der Waals surface area contributed by atoms with Crippen molar-refractivity contribution in [2.24, 2.45) is 0 Å². The van der Waals surface area contributed by atoms with Gasteiger partial charge < -0.3 is 5.73 Å². The van der Waals surface area contributed by atoms with Gasteiger partial charge in [-0.2, -0.15) is 0 Å². The highest BCUT2D eigenvalue weighted by atomic mass is 35.5. The zero-order valence-electron chi connectivity index (χ0n) is 9.50. The van der Waals surface area contributed by atoms with Crippen LogP contribution >= 0.6 is 23.2 Å². The van der Waals surface area contributed by atoms with Gasteiger partial charge in [0.2, 0.25) is 0 Å². The second kappa shape index (κ2) is 4.99. The zero-order chi connectivity index (χ0) is 12.4.